The molecule has 0 spiro atoms. The highest BCUT2D eigenvalue weighted by atomic mass is 35.5. The lowest BCUT2D eigenvalue weighted by Gasteiger charge is -2.30. The molecule has 0 bridgehead atoms. The number of fused-ring (bicyclic) bond motifs is 1. The van der Waals surface area contributed by atoms with Crippen LogP contribution in [0.4, 0.5) is 10.1 Å². The summed E-state index contributed by atoms with van der Waals surface area (Å²) in [5, 5.41) is -0.193. The van der Waals surface area contributed by atoms with Gasteiger partial charge in [0.15, 0.2) is 0 Å². The third-order valence-corrected chi connectivity index (χ3v) is 5.65. The Morgan fingerprint density at radius 2 is 1.90 bits per heavy atom. The highest BCUT2D eigenvalue weighted by Gasteiger charge is 2.29. The van der Waals surface area contributed by atoms with Gasteiger partial charge in [0.05, 0.1) is 15.6 Å². The Balaban J connectivity index is 2.09. The first-order valence-corrected chi connectivity index (χ1v) is 8.37. The highest BCUT2D eigenvalue weighted by molar-refractivity contribution is 7.92. The minimum Gasteiger partial charge on any atom is -0.266 e. The number of aryl methyl sites for hydroxylation is 1. The van der Waals surface area contributed by atoms with Crippen LogP contribution in [0.2, 0.25) is 5.02 Å². The number of hydrogen-bond donors (Lipinski definition) is 0. The predicted octanol–water partition coefficient (Wildman–Crippen LogP) is 3.62. The monoisotopic (exact) mass is 325 g/mol. The fraction of sp³-hybridized carbons (Fsp3) is 0.200. The second-order valence-electron chi connectivity index (χ2n) is 4.89. The Hall–Kier alpha value is -1.59. The van der Waals surface area contributed by atoms with E-state index in [2.05, 4.69) is 0 Å². The number of para-hydroxylation sites is 1. The molecule has 3 nitrogen and oxygen atoms in total. The Morgan fingerprint density at radius 1 is 1.14 bits per heavy atom. The molecule has 0 atom stereocenters. The maximum Gasteiger partial charge on any atom is 0.264 e. The zero-order valence-corrected chi connectivity index (χ0v) is 12.7. The summed E-state index contributed by atoms with van der Waals surface area (Å²) in [6, 6.07) is 10.9. The average Bonchev–Trinajstić information content (AvgIpc) is 2.49. The van der Waals surface area contributed by atoms with E-state index >= 15 is 0 Å². The maximum atomic E-state index is 13.2. The van der Waals surface area contributed by atoms with Gasteiger partial charge in [0.1, 0.15) is 5.82 Å². The topological polar surface area (TPSA) is 37.4 Å². The molecule has 2 aromatic carbocycles. The van der Waals surface area contributed by atoms with Gasteiger partial charge in [0.2, 0.25) is 0 Å². The summed E-state index contributed by atoms with van der Waals surface area (Å²) in [6.07, 6.45) is 1.61. The third-order valence-electron chi connectivity index (χ3n) is 3.55. The van der Waals surface area contributed by atoms with Gasteiger partial charge in [-0.1, -0.05) is 29.8 Å². The number of halogens is 2. The SMILES string of the molecule is O=S(=O)(c1ccc(F)c(Cl)c1)N1CCCc2ccccc21. The van der Waals surface area contributed by atoms with Crippen LogP contribution in [0.15, 0.2) is 47.4 Å². The zero-order valence-electron chi connectivity index (χ0n) is 11.1. The van der Waals surface area contributed by atoms with Gasteiger partial charge in [-0.2, -0.15) is 0 Å². The average molecular weight is 326 g/mol. The van der Waals surface area contributed by atoms with Crippen LogP contribution in [-0.4, -0.2) is 15.0 Å². The molecule has 1 heterocycles. The first-order chi connectivity index (χ1) is 10.00. The second-order valence-corrected chi connectivity index (χ2v) is 7.15. The molecule has 110 valence electrons. The summed E-state index contributed by atoms with van der Waals surface area (Å²) >= 11 is 5.70. The number of sulfonamides is 1. The Bertz CT molecular complexity index is 792. The molecule has 0 N–H and O–H groups in total. The van der Waals surface area contributed by atoms with E-state index in [1.54, 1.807) is 6.07 Å². The van der Waals surface area contributed by atoms with Crippen molar-refractivity contribution < 1.29 is 12.8 Å². The van der Waals surface area contributed by atoms with Crippen LogP contribution >= 0.6 is 11.6 Å². The van der Waals surface area contributed by atoms with Crippen molar-refractivity contribution in [1.29, 1.82) is 0 Å². The summed E-state index contributed by atoms with van der Waals surface area (Å²) < 4.78 is 40.1. The van der Waals surface area contributed by atoms with E-state index in [9.17, 15) is 12.8 Å². The van der Waals surface area contributed by atoms with Gasteiger partial charge in [-0.05, 0) is 42.7 Å². The third kappa shape index (κ3) is 2.51. The molecule has 0 amide bonds. The van der Waals surface area contributed by atoms with Crippen LogP contribution in [0.1, 0.15) is 12.0 Å². The van der Waals surface area contributed by atoms with Crippen LogP contribution in [-0.2, 0) is 16.4 Å². The lowest BCUT2D eigenvalue weighted by Crippen LogP contribution is -2.35. The lowest BCUT2D eigenvalue weighted by molar-refractivity contribution is 0.585. The van der Waals surface area contributed by atoms with Gasteiger partial charge in [-0.25, -0.2) is 12.8 Å². The molecule has 0 unspecified atom stereocenters. The number of hydrogen-bond acceptors (Lipinski definition) is 2. The Kier molecular flexibility index (Phi) is 3.63. The minimum absolute atomic E-state index is 0.00519. The summed E-state index contributed by atoms with van der Waals surface area (Å²) in [7, 11) is -3.73. The van der Waals surface area contributed by atoms with E-state index in [-0.39, 0.29) is 9.92 Å². The normalized spacial score (nSPS) is 14.9. The van der Waals surface area contributed by atoms with Gasteiger partial charge in [0.25, 0.3) is 10.0 Å². The van der Waals surface area contributed by atoms with Crippen molar-refractivity contribution in [3.63, 3.8) is 0 Å². The zero-order chi connectivity index (χ0) is 15.0. The first kappa shape index (κ1) is 14.4. The standard InChI is InChI=1S/C15H13ClFNO2S/c16-13-10-12(7-8-14(13)17)21(19,20)18-9-3-5-11-4-1-2-6-15(11)18/h1-2,4,6-8,10H,3,5,9H2. The van der Waals surface area contributed by atoms with Crippen LogP contribution in [0.3, 0.4) is 0 Å². The van der Waals surface area contributed by atoms with Crippen molar-refractivity contribution in [1.82, 2.24) is 0 Å². The Morgan fingerprint density at radius 3 is 2.67 bits per heavy atom. The summed E-state index contributed by atoms with van der Waals surface area (Å²) in [6.45, 7) is 0.411. The number of benzene rings is 2. The van der Waals surface area contributed by atoms with Crippen molar-refractivity contribution in [2.45, 2.75) is 17.7 Å². The van der Waals surface area contributed by atoms with E-state index in [0.29, 0.717) is 12.2 Å². The van der Waals surface area contributed by atoms with Crippen LogP contribution < -0.4 is 4.31 Å². The van der Waals surface area contributed by atoms with Crippen LogP contribution in [0, 0.1) is 5.82 Å². The summed E-state index contributed by atoms with van der Waals surface area (Å²) in [4.78, 5) is 0.00519. The van der Waals surface area contributed by atoms with Crippen molar-refractivity contribution in [3.05, 3.63) is 58.9 Å². The quantitative estimate of drug-likeness (QED) is 0.845. The van der Waals surface area contributed by atoms with E-state index < -0.39 is 15.8 Å². The molecular weight excluding hydrogens is 313 g/mol. The molecule has 21 heavy (non-hydrogen) atoms. The van der Waals surface area contributed by atoms with Crippen molar-refractivity contribution in [2.24, 2.45) is 0 Å². The molecule has 6 heteroatoms. The fourth-order valence-corrected chi connectivity index (χ4v) is 4.33. The minimum atomic E-state index is -3.73. The van der Waals surface area contributed by atoms with E-state index in [1.165, 1.54) is 10.4 Å². The van der Waals surface area contributed by atoms with Gasteiger partial charge in [0, 0.05) is 6.54 Å². The van der Waals surface area contributed by atoms with Crippen molar-refractivity contribution in [2.75, 3.05) is 10.8 Å². The van der Waals surface area contributed by atoms with Crippen LogP contribution in [0.5, 0.6) is 0 Å². The summed E-state index contributed by atoms with van der Waals surface area (Å²) in [5.41, 5.74) is 1.68. The van der Waals surface area contributed by atoms with Gasteiger partial charge >= 0.3 is 0 Å². The molecule has 0 saturated heterocycles. The van der Waals surface area contributed by atoms with E-state index in [4.69, 9.17) is 11.6 Å². The molecule has 0 aromatic heterocycles. The number of rotatable bonds is 2. The lowest BCUT2D eigenvalue weighted by atomic mass is 10.0. The molecule has 1 aliphatic heterocycles. The molecule has 0 radical (unpaired) electrons. The first-order valence-electron chi connectivity index (χ1n) is 6.56. The van der Waals surface area contributed by atoms with Crippen molar-refractivity contribution >= 4 is 27.3 Å². The second kappa shape index (κ2) is 5.31. The van der Waals surface area contributed by atoms with E-state index in [0.717, 1.165) is 30.5 Å². The largest absolute Gasteiger partial charge is 0.266 e. The van der Waals surface area contributed by atoms with Gasteiger partial charge in [-0.15, -0.1) is 0 Å². The smallest absolute Gasteiger partial charge is 0.264 e. The summed E-state index contributed by atoms with van der Waals surface area (Å²) in [5.74, 6) is -0.630. The highest BCUT2D eigenvalue weighted by Crippen LogP contribution is 2.32. The molecule has 0 aliphatic carbocycles. The number of anilines is 1. The van der Waals surface area contributed by atoms with Crippen LogP contribution in [0.25, 0.3) is 0 Å². The van der Waals surface area contributed by atoms with Crippen molar-refractivity contribution in [3.8, 4) is 0 Å². The molecule has 2 aromatic rings. The molecule has 0 fully saturated rings. The maximum absolute atomic E-state index is 13.2. The predicted molar refractivity (Wildman–Crippen MR) is 80.7 cm³/mol. The van der Waals surface area contributed by atoms with Gasteiger partial charge in [-0.3, -0.25) is 4.31 Å². The Labute approximate surface area is 128 Å². The molecule has 0 saturated carbocycles. The molecule has 1 aliphatic rings. The number of nitrogens with zero attached hydrogens (tertiary/aromatic N) is 1. The van der Waals surface area contributed by atoms with Gasteiger partial charge < -0.3 is 0 Å². The fourth-order valence-electron chi connectivity index (χ4n) is 2.51. The molecular formula is C15H13ClFNO2S. The molecule has 3 rings (SSSR count). The van der Waals surface area contributed by atoms with E-state index in [1.807, 2.05) is 18.2 Å².